The quantitative estimate of drug-likeness (QED) is 0.118. The molecule has 9 heteroatoms. The molecule has 0 unspecified atom stereocenters. The van der Waals surface area contributed by atoms with Crippen molar-refractivity contribution >= 4 is 17.9 Å². The first-order chi connectivity index (χ1) is 21.7. The molecule has 0 atom stereocenters. The Hall–Kier alpha value is -6.09. The van der Waals surface area contributed by atoms with Gasteiger partial charge in [0, 0.05) is 0 Å². The van der Waals surface area contributed by atoms with E-state index < -0.39 is 17.9 Å². The van der Waals surface area contributed by atoms with Gasteiger partial charge in [-0.25, -0.2) is 14.4 Å². The van der Waals surface area contributed by atoms with Crippen LogP contribution in [0.1, 0.15) is 31.1 Å². The first-order valence-corrected chi connectivity index (χ1v) is 13.7. The molecule has 228 valence electrons. The summed E-state index contributed by atoms with van der Waals surface area (Å²) in [4.78, 5) is 36.3. The Morgan fingerprint density at radius 2 is 0.733 bits per heavy atom. The summed E-state index contributed by atoms with van der Waals surface area (Å²) in [5.74, 6) is -3.04. The maximum atomic E-state index is 12.1. The van der Waals surface area contributed by atoms with Gasteiger partial charge in [-0.2, -0.15) is 0 Å². The van der Waals surface area contributed by atoms with Gasteiger partial charge in [-0.05, 0) is 88.0 Å². The molecule has 0 saturated heterocycles. The minimum Gasteiger partial charge on any atom is -0.489 e. The van der Waals surface area contributed by atoms with Crippen molar-refractivity contribution in [3.05, 3.63) is 127 Å². The van der Waals surface area contributed by atoms with Gasteiger partial charge in [0.1, 0.15) is 53.8 Å². The molecule has 0 bridgehead atoms. The highest BCUT2D eigenvalue weighted by Gasteiger charge is 2.18. The summed E-state index contributed by atoms with van der Waals surface area (Å²) in [5.41, 5.74) is 3.20. The van der Waals surface area contributed by atoms with Crippen molar-refractivity contribution in [1.29, 1.82) is 0 Å². The minimum absolute atomic E-state index is 0.0601. The van der Waals surface area contributed by atoms with Crippen LogP contribution in [0.2, 0.25) is 0 Å². The van der Waals surface area contributed by atoms with E-state index in [0.29, 0.717) is 33.4 Å². The summed E-state index contributed by atoms with van der Waals surface area (Å²) in [6.07, 6.45) is 4.52. The van der Waals surface area contributed by atoms with Gasteiger partial charge in [-0.1, -0.05) is 56.2 Å². The van der Waals surface area contributed by atoms with Crippen LogP contribution in [0.15, 0.2) is 111 Å². The van der Waals surface area contributed by atoms with Crippen molar-refractivity contribution in [2.45, 2.75) is 0 Å². The van der Waals surface area contributed by atoms with Crippen LogP contribution < -0.4 is 14.2 Å². The van der Waals surface area contributed by atoms with E-state index in [2.05, 4.69) is 19.7 Å². The molecule has 45 heavy (non-hydrogen) atoms. The number of aromatic carboxylic acids is 3. The van der Waals surface area contributed by atoms with E-state index >= 15 is 0 Å². The smallest absolute Gasteiger partial charge is 0.339 e. The molecule has 0 amide bonds. The third kappa shape index (κ3) is 7.47. The molecule has 0 saturated carbocycles. The van der Waals surface area contributed by atoms with E-state index in [4.69, 9.17) is 14.2 Å². The van der Waals surface area contributed by atoms with Crippen molar-refractivity contribution in [3.8, 4) is 50.6 Å². The van der Waals surface area contributed by atoms with E-state index in [1.54, 1.807) is 54.6 Å². The Labute approximate surface area is 259 Å². The lowest BCUT2D eigenvalue weighted by atomic mass is 9.91. The van der Waals surface area contributed by atoms with Gasteiger partial charge in [0.05, 0.1) is 0 Å². The topological polar surface area (TPSA) is 140 Å². The normalized spacial score (nSPS) is 10.4. The Kier molecular flexibility index (Phi) is 10.2. The Morgan fingerprint density at radius 3 is 0.956 bits per heavy atom. The van der Waals surface area contributed by atoms with Gasteiger partial charge in [-0.15, -0.1) is 0 Å². The van der Waals surface area contributed by atoms with Crippen molar-refractivity contribution in [2.75, 3.05) is 19.8 Å². The molecule has 4 aromatic rings. The second-order valence-corrected chi connectivity index (χ2v) is 9.65. The third-order valence-electron chi connectivity index (χ3n) is 6.63. The van der Waals surface area contributed by atoms with Crippen LogP contribution in [0, 0.1) is 0 Å². The van der Waals surface area contributed by atoms with Crippen LogP contribution in [0.4, 0.5) is 0 Å². The highest BCUT2D eigenvalue weighted by molar-refractivity contribution is 5.96. The van der Waals surface area contributed by atoms with Crippen LogP contribution in [-0.2, 0) is 0 Å². The summed E-state index contributed by atoms with van der Waals surface area (Å²) in [7, 11) is 0. The van der Waals surface area contributed by atoms with Gasteiger partial charge in [-0.3, -0.25) is 0 Å². The van der Waals surface area contributed by atoms with Crippen LogP contribution >= 0.6 is 0 Å². The summed E-state index contributed by atoms with van der Waals surface area (Å²) in [6.45, 7) is 11.2. The van der Waals surface area contributed by atoms with Crippen molar-refractivity contribution < 1.29 is 43.9 Å². The summed E-state index contributed by atoms with van der Waals surface area (Å²) >= 11 is 0. The molecule has 9 nitrogen and oxygen atoms in total. The van der Waals surface area contributed by atoms with E-state index in [1.165, 1.54) is 36.4 Å². The van der Waals surface area contributed by atoms with E-state index in [9.17, 15) is 29.7 Å². The Morgan fingerprint density at radius 1 is 0.467 bits per heavy atom. The van der Waals surface area contributed by atoms with Crippen molar-refractivity contribution in [2.24, 2.45) is 0 Å². The standard InChI is InChI=1S/C36H30O9/c1-4-13-43-31-10-7-22(19-28(31)34(37)38)25-16-26(23-8-11-32(44-14-5-2)29(20-23)35(39)40)18-27(17-25)24-9-12-33(45-15-6-3)30(21-24)36(41)42/h4-12,16-21H,1-3,13-15H2,(H,37,38)(H,39,40)(H,41,42). The average Bonchev–Trinajstić information content (AvgIpc) is 3.04. The average molecular weight is 607 g/mol. The first kappa shape index (κ1) is 31.8. The molecule has 4 aromatic carbocycles. The van der Waals surface area contributed by atoms with E-state index in [0.717, 1.165) is 0 Å². The molecule has 0 aliphatic rings. The third-order valence-corrected chi connectivity index (χ3v) is 6.63. The van der Waals surface area contributed by atoms with Crippen molar-refractivity contribution in [1.82, 2.24) is 0 Å². The second kappa shape index (κ2) is 14.4. The number of carboxylic acid groups (broad SMARTS) is 3. The molecule has 0 aliphatic heterocycles. The first-order valence-electron chi connectivity index (χ1n) is 13.7. The predicted molar refractivity (Wildman–Crippen MR) is 171 cm³/mol. The molecule has 0 aliphatic carbocycles. The van der Waals surface area contributed by atoms with Crippen molar-refractivity contribution in [3.63, 3.8) is 0 Å². The zero-order chi connectivity index (χ0) is 32.5. The fraction of sp³-hybridized carbons (Fsp3) is 0.0833. The van der Waals surface area contributed by atoms with E-state index in [1.807, 2.05) is 0 Å². The number of rotatable bonds is 15. The molecule has 4 rings (SSSR count). The van der Waals surface area contributed by atoms with E-state index in [-0.39, 0.29) is 53.8 Å². The van der Waals surface area contributed by atoms with Gasteiger partial charge in [0.15, 0.2) is 0 Å². The maximum absolute atomic E-state index is 12.1. The van der Waals surface area contributed by atoms with Crippen LogP contribution in [0.3, 0.4) is 0 Å². The molecular formula is C36H30O9. The van der Waals surface area contributed by atoms with Gasteiger partial charge >= 0.3 is 17.9 Å². The van der Waals surface area contributed by atoms with Crippen LogP contribution in [-0.4, -0.2) is 53.0 Å². The number of carboxylic acids is 3. The lowest BCUT2D eigenvalue weighted by Crippen LogP contribution is -2.04. The summed E-state index contributed by atoms with van der Waals surface area (Å²) < 4.78 is 16.6. The van der Waals surface area contributed by atoms with Gasteiger partial charge < -0.3 is 29.5 Å². The van der Waals surface area contributed by atoms with Crippen LogP contribution in [0.5, 0.6) is 17.2 Å². The zero-order valence-corrected chi connectivity index (χ0v) is 24.2. The lowest BCUT2D eigenvalue weighted by Gasteiger charge is -2.15. The molecule has 0 aromatic heterocycles. The Balaban J connectivity index is 1.94. The predicted octanol–water partition coefficient (Wildman–Crippen LogP) is 7.48. The number of hydrogen-bond donors (Lipinski definition) is 3. The van der Waals surface area contributed by atoms with Gasteiger partial charge in [0.2, 0.25) is 0 Å². The Bertz CT molecular complexity index is 1580. The molecule has 3 N–H and O–H groups in total. The zero-order valence-electron chi connectivity index (χ0n) is 24.2. The monoisotopic (exact) mass is 606 g/mol. The van der Waals surface area contributed by atoms with Gasteiger partial charge in [0.25, 0.3) is 0 Å². The largest absolute Gasteiger partial charge is 0.489 e. The minimum atomic E-state index is -1.19. The number of carbonyl (C=O) groups is 3. The molecule has 0 fully saturated rings. The lowest BCUT2D eigenvalue weighted by molar-refractivity contribution is 0.0681. The van der Waals surface area contributed by atoms with Crippen LogP contribution in [0.25, 0.3) is 33.4 Å². The SMILES string of the molecule is C=CCOc1ccc(-c2cc(-c3ccc(OCC=C)c(C(=O)O)c3)cc(-c3ccc(OCC=C)c(C(=O)O)c3)c2)cc1C(=O)O. The molecule has 0 radical (unpaired) electrons. The molecular weight excluding hydrogens is 576 g/mol. The molecule has 0 spiro atoms. The highest BCUT2D eigenvalue weighted by Crippen LogP contribution is 2.37. The number of hydrogen-bond acceptors (Lipinski definition) is 6. The second-order valence-electron chi connectivity index (χ2n) is 9.65. The fourth-order valence-electron chi connectivity index (χ4n) is 4.58. The summed E-state index contributed by atoms with van der Waals surface area (Å²) in [5, 5.41) is 29.7. The number of benzene rings is 4. The number of ether oxygens (including phenoxy) is 3. The molecule has 0 heterocycles. The summed E-state index contributed by atoms with van der Waals surface area (Å²) in [6, 6.07) is 19.6. The highest BCUT2D eigenvalue weighted by atomic mass is 16.5. The fourth-order valence-corrected chi connectivity index (χ4v) is 4.58. The maximum Gasteiger partial charge on any atom is 0.339 e.